The van der Waals surface area contributed by atoms with Gasteiger partial charge in [0.1, 0.15) is 11.9 Å². The van der Waals surface area contributed by atoms with E-state index < -0.39 is 0 Å². The number of hydrogen-bond donors (Lipinski definition) is 1. The number of hydrogen-bond acceptors (Lipinski definition) is 4. The van der Waals surface area contributed by atoms with Gasteiger partial charge in [0, 0.05) is 6.54 Å². The molecule has 0 saturated heterocycles. The third-order valence-electron chi connectivity index (χ3n) is 3.68. The van der Waals surface area contributed by atoms with E-state index in [9.17, 15) is 0 Å². The van der Waals surface area contributed by atoms with Crippen molar-refractivity contribution in [3.05, 3.63) is 17.8 Å². The molecular formula is C14H20N4. The summed E-state index contributed by atoms with van der Waals surface area (Å²) in [5, 5.41) is 19.9. The van der Waals surface area contributed by atoms with Gasteiger partial charge in [0.25, 0.3) is 0 Å². The van der Waals surface area contributed by atoms with Gasteiger partial charge in [-0.1, -0.05) is 20.3 Å². The zero-order valence-corrected chi connectivity index (χ0v) is 11.1. The highest BCUT2D eigenvalue weighted by Crippen LogP contribution is 2.45. The SMILES string of the molecule is CC(C)CC1(CNc2ccc(C#N)nn2)CCC1. The van der Waals surface area contributed by atoms with Gasteiger partial charge in [-0.15, -0.1) is 10.2 Å². The van der Waals surface area contributed by atoms with Gasteiger partial charge >= 0.3 is 0 Å². The van der Waals surface area contributed by atoms with E-state index in [-0.39, 0.29) is 0 Å². The Morgan fingerprint density at radius 1 is 1.39 bits per heavy atom. The molecular weight excluding hydrogens is 224 g/mol. The lowest BCUT2D eigenvalue weighted by atomic mass is 9.64. The molecule has 1 aromatic rings. The molecule has 1 fully saturated rings. The molecule has 1 heterocycles. The van der Waals surface area contributed by atoms with Crippen molar-refractivity contribution in [2.45, 2.75) is 39.5 Å². The maximum atomic E-state index is 8.66. The van der Waals surface area contributed by atoms with Crippen molar-refractivity contribution in [2.24, 2.45) is 11.3 Å². The van der Waals surface area contributed by atoms with Crippen LogP contribution in [0, 0.1) is 22.7 Å². The number of nitrogens with one attached hydrogen (secondary N) is 1. The van der Waals surface area contributed by atoms with Crippen molar-refractivity contribution >= 4 is 5.82 Å². The molecule has 1 aromatic heterocycles. The van der Waals surface area contributed by atoms with Crippen LogP contribution >= 0.6 is 0 Å². The lowest BCUT2D eigenvalue weighted by molar-refractivity contribution is 0.116. The Kier molecular flexibility index (Phi) is 3.81. The Hall–Kier alpha value is -1.63. The maximum Gasteiger partial charge on any atom is 0.163 e. The van der Waals surface area contributed by atoms with Crippen LogP contribution in [-0.4, -0.2) is 16.7 Å². The first kappa shape index (κ1) is 12.8. The number of rotatable bonds is 5. The minimum Gasteiger partial charge on any atom is -0.368 e. The van der Waals surface area contributed by atoms with Gasteiger partial charge < -0.3 is 5.32 Å². The standard InChI is InChI=1S/C14H20N4/c1-11(2)8-14(6-3-7-14)10-16-13-5-4-12(9-15)17-18-13/h4-5,11H,3,6-8,10H2,1-2H3,(H,16,18). The summed E-state index contributed by atoms with van der Waals surface area (Å²) >= 11 is 0. The zero-order chi connectivity index (χ0) is 13.0. The average Bonchev–Trinajstić information content (AvgIpc) is 2.32. The van der Waals surface area contributed by atoms with Crippen molar-refractivity contribution in [3.8, 4) is 6.07 Å². The predicted molar refractivity (Wildman–Crippen MR) is 71.0 cm³/mol. The van der Waals surface area contributed by atoms with Crippen molar-refractivity contribution in [1.82, 2.24) is 10.2 Å². The van der Waals surface area contributed by atoms with E-state index in [1.165, 1.54) is 25.7 Å². The van der Waals surface area contributed by atoms with Crippen LogP contribution in [0.1, 0.15) is 45.2 Å². The Morgan fingerprint density at radius 3 is 2.61 bits per heavy atom. The molecule has 2 rings (SSSR count). The topological polar surface area (TPSA) is 61.6 Å². The van der Waals surface area contributed by atoms with Gasteiger partial charge in [-0.3, -0.25) is 0 Å². The van der Waals surface area contributed by atoms with Crippen molar-refractivity contribution in [2.75, 3.05) is 11.9 Å². The molecule has 96 valence electrons. The Labute approximate surface area is 108 Å². The average molecular weight is 244 g/mol. The van der Waals surface area contributed by atoms with E-state index in [1.807, 2.05) is 12.1 Å². The minimum absolute atomic E-state index is 0.362. The van der Waals surface area contributed by atoms with Gasteiger partial charge in [0.15, 0.2) is 5.69 Å². The number of nitriles is 1. The molecule has 1 aliphatic rings. The third-order valence-corrected chi connectivity index (χ3v) is 3.68. The van der Waals surface area contributed by atoms with E-state index in [0.717, 1.165) is 18.3 Å². The molecule has 4 heteroatoms. The largest absolute Gasteiger partial charge is 0.368 e. The van der Waals surface area contributed by atoms with Gasteiger partial charge in [0.2, 0.25) is 0 Å². The first-order chi connectivity index (χ1) is 8.63. The summed E-state index contributed by atoms with van der Waals surface area (Å²) in [5.74, 6) is 1.50. The maximum absolute atomic E-state index is 8.66. The zero-order valence-electron chi connectivity index (χ0n) is 11.1. The molecule has 1 saturated carbocycles. The van der Waals surface area contributed by atoms with Crippen LogP contribution in [0.2, 0.25) is 0 Å². The molecule has 1 aliphatic carbocycles. The van der Waals surface area contributed by atoms with E-state index in [4.69, 9.17) is 5.26 Å². The molecule has 0 aromatic carbocycles. The molecule has 0 bridgehead atoms. The monoisotopic (exact) mass is 244 g/mol. The quantitative estimate of drug-likeness (QED) is 0.865. The van der Waals surface area contributed by atoms with Crippen molar-refractivity contribution in [3.63, 3.8) is 0 Å². The third kappa shape index (κ3) is 2.98. The number of aromatic nitrogens is 2. The minimum atomic E-state index is 0.362. The molecule has 0 atom stereocenters. The highest BCUT2D eigenvalue weighted by Gasteiger charge is 2.37. The molecule has 1 N–H and O–H groups in total. The predicted octanol–water partition coefficient (Wildman–Crippen LogP) is 2.98. The molecule has 0 aliphatic heterocycles. The van der Waals surface area contributed by atoms with Crippen LogP contribution in [0.15, 0.2) is 12.1 Å². The number of anilines is 1. The summed E-state index contributed by atoms with van der Waals surface area (Å²) in [6, 6.07) is 5.50. The molecule has 18 heavy (non-hydrogen) atoms. The fourth-order valence-corrected chi connectivity index (χ4v) is 2.76. The fraction of sp³-hybridized carbons (Fsp3) is 0.643. The van der Waals surface area contributed by atoms with Crippen LogP contribution in [0.3, 0.4) is 0 Å². The van der Waals surface area contributed by atoms with E-state index in [0.29, 0.717) is 11.1 Å². The van der Waals surface area contributed by atoms with Crippen LogP contribution in [0.25, 0.3) is 0 Å². The van der Waals surface area contributed by atoms with Gasteiger partial charge in [-0.25, -0.2) is 0 Å². The van der Waals surface area contributed by atoms with Crippen LogP contribution in [-0.2, 0) is 0 Å². The van der Waals surface area contributed by atoms with Crippen LogP contribution in [0.4, 0.5) is 5.82 Å². The fourth-order valence-electron chi connectivity index (χ4n) is 2.76. The first-order valence-corrected chi connectivity index (χ1v) is 6.61. The Bertz CT molecular complexity index is 426. The van der Waals surface area contributed by atoms with Gasteiger partial charge in [0.05, 0.1) is 0 Å². The van der Waals surface area contributed by atoms with Crippen molar-refractivity contribution < 1.29 is 0 Å². The smallest absolute Gasteiger partial charge is 0.163 e. The molecule has 0 radical (unpaired) electrons. The normalized spacial score (nSPS) is 17.0. The second-order valence-corrected chi connectivity index (χ2v) is 5.72. The van der Waals surface area contributed by atoms with Gasteiger partial charge in [-0.05, 0) is 42.7 Å². The lowest BCUT2D eigenvalue weighted by Gasteiger charge is -2.43. The molecule has 4 nitrogen and oxygen atoms in total. The summed E-state index contributed by atoms with van der Waals surface area (Å²) in [6.07, 6.45) is 5.22. The second-order valence-electron chi connectivity index (χ2n) is 5.72. The summed E-state index contributed by atoms with van der Waals surface area (Å²) < 4.78 is 0. The van der Waals surface area contributed by atoms with E-state index >= 15 is 0 Å². The lowest BCUT2D eigenvalue weighted by Crippen LogP contribution is -2.38. The highest BCUT2D eigenvalue weighted by molar-refractivity contribution is 5.35. The summed E-state index contributed by atoms with van der Waals surface area (Å²) in [4.78, 5) is 0. The molecule has 0 unspecified atom stereocenters. The summed E-state index contributed by atoms with van der Waals surface area (Å²) in [6.45, 7) is 5.52. The van der Waals surface area contributed by atoms with Gasteiger partial charge in [-0.2, -0.15) is 5.26 Å². The Morgan fingerprint density at radius 2 is 2.17 bits per heavy atom. The number of nitrogens with zero attached hydrogens (tertiary/aromatic N) is 3. The van der Waals surface area contributed by atoms with Crippen LogP contribution < -0.4 is 5.32 Å². The first-order valence-electron chi connectivity index (χ1n) is 6.61. The van der Waals surface area contributed by atoms with Crippen LogP contribution in [0.5, 0.6) is 0 Å². The Balaban J connectivity index is 1.91. The van der Waals surface area contributed by atoms with E-state index in [1.54, 1.807) is 6.07 Å². The molecule has 0 amide bonds. The summed E-state index contributed by atoms with van der Waals surface area (Å²) in [5.41, 5.74) is 0.810. The summed E-state index contributed by atoms with van der Waals surface area (Å²) in [7, 11) is 0. The van der Waals surface area contributed by atoms with Crippen molar-refractivity contribution in [1.29, 1.82) is 5.26 Å². The molecule has 0 spiro atoms. The highest BCUT2D eigenvalue weighted by atomic mass is 15.2. The van der Waals surface area contributed by atoms with E-state index in [2.05, 4.69) is 29.4 Å². The second kappa shape index (κ2) is 5.34.